The molecule has 0 unspecified atom stereocenters. The lowest BCUT2D eigenvalue weighted by molar-refractivity contribution is 0.360. The van der Waals surface area contributed by atoms with Crippen molar-refractivity contribution in [1.29, 1.82) is 0 Å². The van der Waals surface area contributed by atoms with Crippen LogP contribution in [-0.4, -0.2) is 0 Å². The molecule has 0 aliphatic rings. The van der Waals surface area contributed by atoms with Gasteiger partial charge in [-0.2, -0.15) is 0 Å². The third-order valence-electron chi connectivity index (χ3n) is 1.67. The van der Waals surface area contributed by atoms with Crippen LogP contribution < -0.4 is 5.73 Å². The van der Waals surface area contributed by atoms with E-state index in [0.717, 1.165) is 12.1 Å². The Morgan fingerprint density at radius 3 is 2.18 bits per heavy atom. The van der Waals surface area contributed by atoms with Crippen molar-refractivity contribution in [2.45, 2.75) is 46.5 Å². The Balaban J connectivity index is 3.22. The molecule has 11 heavy (non-hydrogen) atoms. The molecule has 0 aromatic heterocycles. The van der Waals surface area contributed by atoms with Gasteiger partial charge in [0.05, 0.1) is 0 Å². The van der Waals surface area contributed by atoms with Gasteiger partial charge in [0.1, 0.15) is 0 Å². The van der Waals surface area contributed by atoms with Crippen LogP contribution in [0, 0.1) is 5.41 Å². The average molecular weight is 155 g/mol. The van der Waals surface area contributed by atoms with Crippen LogP contribution in [0.2, 0.25) is 0 Å². The Hall–Kier alpha value is -0.460. The monoisotopic (exact) mass is 155 g/mol. The Morgan fingerprint density at radius 1 is 1.27 bits per heavy atom. The highest BCUT2D eigenvalue weighted by Gasteiger charge is 2.08. The Labute approximate surface area is 70.7 Å². The van der Waals surface area contributed by atoms with Crippen LogP contribution in [0.1, 0.15) is 46.5 Å². The summed E-state index contributed by atoms with van der Waals surface area (Å²) in [6.45, 7) is 10.5. The molecule has 0 fully saturated rings. The van der Waals surface area contributed by atoms with Gasteiger partial charge in [-0.3, -0.25) is 0 Å². The van der Waals surface area contributed by atoms with Crippen LogP contribution in [0.5, 0.6) is 0 Å². The minimum absolute atomic E-state index is 0.468. The molecule has 1 heteroatoms. The summed E-state index contributed by atoms with van der Waals surface area (Å²) in [6, 6.07) is 0. The number of unbranched alkanes of at least 4 members (excludes halogenated alkanes) is 1. The molecule has 0 saturated heterocycles. The van der Waals surface area contributed by atoms with E-state index in [1.165, 1.54) is 19.3 Å². The van der Waals surface area contributed by atoms with Gasteiger partial charge in [-0.1, -0.05) is 33.8 Å². The van der Waals surface area contributed by atoms with Gasteiger partial charge in [-0.15, -0.1) is 0 Å². The summed E-state index contributed by atoms with van der Waals surface area (Å²) in [4.78, 5) is 0. The zero-order chi connectivity index (χ0) is 8.91. The SMILES string of the molecule is C=C(N)CCCCC(C)(C)C. The lowest BCUT2D eigenvalue weighted by Gasteiger charge is -2.17. The summed E-state index contributed by atoms with van der Waals surface area (Å²) < 4.78 is 0. The smallest absolute Gasteiger partial charge is 0.000744 e. The summed E-state index contributed by atoms with van der Waals surface area (Å²) in [5.74, 6) is 0. The van der Waals surface area contributed by atoms with Crippen molar-refractivity contribution in [1.82, 2.24) is 0 Å². The van der Waals surface area contributed by atoms with Crippen molar-refractivity contribution >= 4 is 0 Å². The second-order valence-electron chi connectivity index (χ2n) is 4.43. The quantitative estimate of drug-likeness (QED) is 0.620. The van der Waals surface area contributed by atoms with Crippen molar-refractivity contribution in [3.63, 3.8) is 0 Å². The highest BCUT2D eigenvalue weighted by molar-refractivity contribution is 4.85. The van der Waals surface area contributed by atoms with Crippen LogP contribution in [0.25, 0.3) is 0 Å². The molecule has 66 valence electrons. The number of nitrogens with two attached hydrogens (primary N) is 1. The Bertz CT molecular complexity index is 119. The maximum Gasteiger partial charge on any atom is 0.000744 e. The van der Waals surface area contributed by atoms with E-state index >= 15 is 0 Å². The first-order chi connectivity index (χ1) is 4.92. The predicted octanol–water partition coefficient (Wildman–Crippen LogP) is 3.07. The van der Waals surface area contributed by atoms with E-state index in [2.05, 4.69) is 27.4 Å². The molecular formula is C10H21N. The molecule has 0 aromatic carbocycles. The lowest BCUT2D eigenvalue weighted by atomic mass is 9.89. The standard InChI is InChI=1S/C10H21N/c1-9(11)7-5-6-8-10(2,3)4/h1,5-8,11H2,2-4H3. The third kappa shape index (κ3) is 9.54. The summed E-state index contributed by atoms with van der Waals surface area (Å²) >= 11 is 0. The Kier molecular flexibility index (Phi) is 4.24. The maximum atomic E-state index is 5.45. The fourth-order valence-corrected chi connectivity index (χ4v) is 1.01. The molecule has 0 aliphatic carbocycles. The van der Waals surface area contributed by atoms with Gasteiger partial charge in [-0.25, -0.2) is 0 Å². The second-order valence-corrected chi connectivity index (χ2v) is 4.43. The minimum atomic E-state index is 0.468. The van der Waals surface area contributed by atoms with E-state index < -0.39 is 0 Å². The zero-order valence-electron chi connectivity index (χ0n) is 8.11. The topological polar surface area (TPSA) is 26.0 Å². The molecule has 0 saturated carbocycles. The first kappa shape index (κ1) is 10.5. The molecule has 0 bridgehead atoms. The minimum Gasteiger partial charge on any atom is -0.403 e. The number of hydrogen-bond acceptors (Lipinski definition) is 1. The van der Waals surface area contributed by atoms with Crippen LogP contribution in [0.3, 0.4) is 0 Å². The highest BCUT2D eigenvalue weighted by atomic mass is 14.5. The largest absolute Gasteiger partial charge is 0.403 e. The van der Waals surface area contributed by atoms with Crippen molar-refractivity contribution in [2.75, 3.05) is 0 Å². The van der Waals surface area contributed by atoms with Crippen molar-refractivity contribution < 1.29 is 0 Å². The predicted molar refractivity (Wildman–Crippen MR) is 51.3 cm³/mol. The van der Waals surface area contributed by atoms with Gasteiger partial charge in [-0.05, 0) is 24.7 Å². The van der Waals surface area contributed by atoms with Gasteiger partial charge in [0.15, 0.2) is 0 Å². The van der Waals surface area contributed by atoms with Crippen LogP contribution in [0.15, 0.2) is 12.3 Å². The van der Waals surface area contributed by atoms with Crippen molar-refractivity contribution in [2.24, 2.45) is 11.1 Å². The van der Waals surface area contributed by atoms with Gasteiger partial charge in [0.2, 0.25) is 0 Å². The van der Waals surface area contributed by atoms with Crippen molar-refractivity contribution in [3.05, 3.63) is 12.3 Å². The molecule has 0 atom stereocenters. The van der Waals surface area contributed by atoms with E-state index in [-0.39, 0.29) is 0 Å². The first-order valence-corrected chi connectivity index (χ1v) is 4.35. The summed E-state index contributed by atoms with van der Waals surface area (Å²) in [5.41, 5.74) is 6.73. The fourth-order valence-electron chi connectivity index (χ4n) is 1.01. The van der Waals surface area contributed by atoms with Crippen LogP contribution >= 0.6 is 0 Å². The van der Waals surface area contributed by atoms with Crippen molar-refractivity contribution in [3.8, 4) is 0 Å². The number of hydrogen-bond donors (Lipinski definition) is 1. The first-order valence-electron chi connectivity index (χ1n) is 4.35. The maximum absolute atomic E-state index is 5.45. The Morgan fingerprint density at radius 2 is 1.82 bits per heavy atom. The third-order valence-corrected chi connectivity index (χ3v) is 1.67. The highest BCUT2D eigenvalue weighted by Crippen LogP contribution is 2.22. The normalized spacial score (nSPS) is 11.5. The van der Waals surface area contributed by atoms with Crippen LogP contribution in [0.4, 0.5) is 0 Å². The zero-order valence-corrected chi connectivity index (χ0v) is 8.11. The number of rotatable bonds is 4. The number of allylic oxidation sites excluding steroid dienone is 1. The molecule has 1 nitrogen and oxygen atoms in total. The fraction of sp³-hybridized carbons (Fsp3) is 0.800. The average Bonchev–Trinajstić information content (AvgIpc) is 1.78. The molecular weight excluding hydrogens is 134 g/mol. The molecule has 0 heterocycles. The van der Waals surface area contributed by atoms with Gasteiger partial charge >= 0.3 is 0 Å². The molecule has 0 rings (SSSR count). The molecule has 0 spiro atoms. The summed E-state index contributed by atoms with van der Waals surface area (Å²) in [5, 5.41) is 0. The second kappa shape index (κ2) is 4.42. The van der Waals surface area contributed by atoms with Gasteiger partial charge in [0.25, 0.3) is 0 Å². The molecule has 0 radical (unpaired) electrons. The van der Waals surface area contributed by atoms with E-state index in [0.29, 0.717) is 5.41 Å². The summed E-state index contributed by atoms with van der Waals surface area (Å²) in [7, 11) is 0. The van der Waals surface area contributed by atoms with Gasteiger partial charge < -0.3 is 5.73 Å². The van der Waals surface area contributed by atoms with Crippen LogP contribution in [-0.2, 0) is 0 Å². The lowest BCUT2D eigenvalue weighted by Crippen LogP contribution is -2.04. The molecule has 0 amide bonds. The molecule has 0 aromatic rings. The van der Waals surface area contributed by atoms with E-state index in [1.54, 1.807) is 0 Å². The van der Waals surface area contributed by atoms with E-state index in [1.807, 2.05) is 0 Å². The van der Waals surface area contributed by atoms with E-state index in [9.17, 15) is 0 Å². The molecule has 2 N–H and O–H groups in total. The summed E-state index contributed by atoms with van der Waals surface area (Å²) in [6.07, 6.45) is 4.71. The van der Waals surface area contributed by atoms with Gasteiger partial charge in [0, 0.05) is 5.70 Å². The van der Waals surface area contributed by atoms with E-state index in [4.69, 9.17) is 5.73 Å². The molecule has 0 aliphatic heterocycles.